The second kappa shape index (κ2) is 3.60. The molecule has 0 aliphatic rings. The molecule has 0 bridgehead atoms. The van der Waals surface area contributed by atoms with Gasteiger partial charge in [-0.1, -0.05) is 0 Å². The summed E-state index contributed by atoms with van der Waals surface area (Å²) in [6, 6.07) is -0.140. The highest BCUT2D eigenvalue weighted by Crippen LogP contribution is 2.16. The molecule has 14 heavy (non-hydrogen) atoms. The van der Waals surface area contributed by atoms with Crippen molar-refractivity contribution in [1.29, 1.82) is 0 Å². The Labute approximate surface area is 81.1 Å². The van der Waals surface area contributed by atoms with Crippen molar-refractivity contribution in [3.8, 4) is 0 Å². The Morgan fingerprint density at radius 3 is 3.00 bits per heavy atom. The molecular weight excluding hydrogens is 180 g/mol. The summed E-state index contributed by atoms with van der Waals surface area (Å²) in [7, 11) is 1.86. The fourth-order valence-corrected chi connectivity index (χ4v) is 1.36. The van der Waals surface area contributed by atoms with Crippen molar-refractivity contribution >= 4 is 0 Å². The summed E-state index contributed by atoms with van der Waals surface area (Å²) in [5.74, 6) is 6.24. The predicted molar refractivity (Wildman–Crippen MR) is 51.0 cm³/mol. The average Bonchev–Trinajstić information content (AvgIpc) is 2.79. The number of imidazole rings is 1. The number of H-pyrrole nitrogens is 1. The van der Waals surface area contributed by atoms with Gasteiger partial charge in [-0.3, -0.25) is 10.5 Å². The van der Waals surface area contributed by atoms with Gasteiger partial charge in [-0.25, -0.2) is 10.4 Å². The van der Waals surface area contributed by atoms with E-state index in [9.17, 15) is 0 Å². The number of nitrogens with zero attached hydrogens (tertiary/aromatic N) is 3. The largest absolute Gasteiger partial charge is 0.347 e. The summed E-state index contributed by atoms with van der Waals surface area (Å²) in [4.78, 5) is 7.14. The summed E-state index contributed by atoms with van der Waals surface area (Å²) in [6.45, 7) is 0. The van der Waals surface area contributed by atoms with Crippen LogP contribution >= 0.6 is 0 Å². The number of aromatic nitrogens is 4. The standard InChI is InChI=1S/C8H12N6/c1-14-5-6(4-12-14)7(13-9)8-10-2-3-11-8/h2-5,7,13H,9H2,1H3,(H,10,11). The first-order chi connectivity index (χ1) is 6.81. The number of hydrazine groups is 1. The SMILES string of the molecule is Cn1cc(C(NN)c2ncc[nH]2)cn1. The molecule has 0 radical (unpaired) electrons. The predicted octanol–water partition coefficient (Wildman–Crippen LogP) is -0.304. The number of hydrogen-bond acceptors (Lipinski definition) is 4. The third-order valence-electron chi connectivity index (χ3n) is 2.02. The minimum absolute atomic E-state index is 0.140. The molecule has 1 unspecified atom stereocenters. The van der Waals surface area contributed by atoms with Crippen molar-refractivity contribution in [2.45, 2.75) is 6.04 Å². The van der Waals surface area contributed by atoms with Crippen LogP contribution < -0.4 is 11.3 Å². The lowest BCUT2D eigenvalue weighted by Gasteiger charge is -2.10. The van der Waals surface area contributed by atoms with E-state index in [-0.39, 0.29) is 6.04 Å². The van der Waals surface area contributed by atoms with Crippen LogP contribution in [-0.2, 0) is 7.05 Å². The molecule has 6 heteroatoms. The summed E-state index contributed by atoms with van der Waals surface area (Å²) in [5.41, 5.74) is 3.66. The minimum Gasteiger partial charge on any atom is -0.347 e. The summed E-state index contributed by atoms with van der Waals surface area (Å²) in [6.07, 6.45) is 7.10. The monoisotopic (exact) mass is 192 g/mol. The van der Waals surface area contributed by atoms with Gasteiger partial charge in [-0.05, 0) is 0 Å². The average molecular weight is 192 g/mol. The van der Waals surface area contributed by atoms with E-state index in [1.54, 1.807) is 23.3 Å². The minimum atomic E-state index is -0.140. The van der Waals surface area contributed by atoms with Gasteiger partial charge >= 0.3 is 0 Å². The van der Waals surface area contributed by atoms with Crippen molar-refractivity contribution in [1.82, 2.24) is 25.2 Å². The Morgan fingerprint density at radius 1 is 1.64 bits per heavy atom. The van der Waals surface area contributed by atoms with Crippen LogP contribution in [0, 0.1) is 0 Å². The molecule has 2 aromatic rings. The lowest BCUT2D eigenvalue weighted by molar-refractivity contribution is 0.607. The van der Waals surface area contributed by atoms with Crippen LogP contribution in [-0.4, -0.2) is 19.7 Å². The Hall–Kier alpha value is -1.66. The highest BCUT2D eigenvalue weighted by atomic mass is 15.3. The molecule has 0 saturated heterocycles. The van der Waals surface area contributed by atoms with E-state index >= 15 is 0 Å². The van der Waals surface area contributed by atoms with Gasteiger partial charge in [0.15, 0.2) is 0 Å². The molecular formula is C8H12N6. The zero-order valence-electron chi connectivity index (χ0n) is 7.81. The molecule has 1 atom stereocenters. The quantitative estimate of drug-likeness (QED) is 0.460. The van der Waals surface area contributed by atoms with Crippen molar-refractivity contribution in [3.63, 3.8) is 0 Å². The van der Waals surface area contributed by atoms with E-state index in [0.29, 0.717) is 0 Å². The molecule has 2 rings (SSSR count). The Balaban J connectivity index is 2.31. The number of hydrogen-bond donors (Lipinski definition) is 3. The van der Waals surface area contributed by atoms with E-state index in [1.165, 1.54) is 0 Å². The smallest absolute Gasteiger partial charge is 0.129 e. The molecule has 0 aromatic carbocycles. The van der Waals surface area contributed by atoms with Gasteiger partial charge in [-0.2, -0.15) is 5.10 Å². The van der Waals surface area contributed by atoms with Gasteiger partial charge in [-0.15, -0.1) is 0 Å². The Bertz CT molecular complexity index is 390. The normalized spacial score (nSPS) is 13.0. The molecule has 2 aromatic heterocycles. The van der Waals surface area contributed by atoms with E-state index in [1.807, 2.05) is 13.2 Å². The van der Waals surface area contributed by atoms with Crippen LogP contribution in [0.5, 0.6) is 0 Å². The molecule has 0 fully saturated rings. The first-order valence-electron chi connectivity index (χ1n) is 4.25. The molecule has 0 amide bonds. The van der Waals surface area contributed by atoms with Gasteiger partial charge in [0.05, 0.1) is 6.20 Å². The molecule has 2 heterocycles. The summed E-state index contributed by atoms with van der Waals surface area (Å²) < 4.78 is 1.72. The Kier molecular flexibility index (Phi) is 2.30. The fraction of sp³-hybridized carbons (Fsp3) is 0.250. The topological polar surface area (TPSA) is 84.5 Å². The maximum atomic E-state index is 5.46. The molecule has 0 spiro atoms. The van der Waals surface area contributed by atoms with E-state index < -0.39 is 0 Å². The molecule has 0 saturated carbocycles. The van der Waals surface area contributed by atoms with Gasteiger partial charge in [0.25, 0.3) is 0 Å². The van der Waals surface area contributed by atoms with Crippen molar-refractivity contribution < 1.29 is 0 Å². The van der Waals surface area contributed by atoms with E-state index in [2.05, 4.69) is 20.5 Å². The van der Waals surface area contributed by atoms with Crippen LogP contribution in [0.2, 0.25) is 0 Å². The highest BCUT2D eigenvalue weighted by molar-refractivity contribution is 5.18. The molecule has 0 aliphatic carbocycles. The van der Waals surface area contributed by atoms with E-state index in [4.69, 9.17) is 5.84 Å². The van der Waals surface area contributed by atoms with Crippen molar-refractivity contribution in [2.75, 3.05) is 0 Å². The maximum Gasteiger partial charge on any atom is 0.129 e. The molecule has 0 aliphatic heterocycles. The lowest BCUT2D eigenvalue weighted by Crippen LogP contribution is -2.29. The van der Waals surface area contributed by atoms with Crippen molar-refractivity contribution in [3.05, 3.63) is 36.2 Å². The van der Waals surface area contributed by atoms with Gasteiger partial charge < -0.3 is 4.98 Å². The van der Waals surface area contributed by atoms with Crippen molar-refractivity contribution in [2.24, 2.45) is 12.9 Å². The first kappa shape index (κ1) is 8.92. The van der Waals surface area contributed by atoms with Crippen LogP contribution in [0.15, 0.2) is 24.8 Å². The fourth-order valence-electron chi connectivity index (χ4n) is 1.36. The van der Waals surface area contributed by atoms with Crippen LogP contribution in [0.4, 0.5) is 0 Å². The number of nitrogens with two attached hydrogens (primary N) is 1. The number of rotatable bonds is 3. The first-order valence-corrected chi connectivity index (χ1v) is 4.25. The van der Waals surface area contributed by atoms with Crippen LogP contribution in [0.1, 0.15) is 17.4 Å². The second-order valence-electron chi connectivity index (χ2n) is 3.02. The third-order valence-corrected chi connectivity index (χ3v) is 2.02. The molecule has 74 valence electrons. The number of aromatic amines is 1. The second-order valence-corrected chi connectivity index (χ2v) is 3.02. The maximum absolute atomic E-state index is 5.46. The zero-order valence-corrected chi connectivity index (χ0v) is 7.81. The van der Waals surface area contributed by atoms with Crippen LogP contribution in [0.3, 0.4) is 0 Å². The van der Waals surface area contributed by atoms with Gasteiger partial charge in [0, 0.05) is 31.2 Å². The molecule has 6 nitrogen and oxygen atoms in total. The molecule has 4 N–H and O–H groups in total. The highest BCUT2D eigenvalue weighted by Gasteiger charge is 2.15. The van der Waals surface area contributed by atoms with Gasteiger partial charge in [0.2, 0.25) is 0 Å². The Morgan fingerprint density at radius 2 is 2.50 bits per heavy atom. The summed E-state index contributed by atoms with van der Waals surface area (Å²) in [5, 5.41) is 4.07. The van der Waals surface area contributed by atoms with Gasteiger partial charge in [0.1, 0.15) is 11.9 Å². The zero-order chi connectivity index (χ0) is 9.97. The summed E-state index contributed by atoms with van der Waals surface area (Å²) >= 11 is 0. The van der Waals surface area contributed by atoms with Crippen LogP contribution in [0.25, 0.3) is 0 Å². The lowest BCUT2D eigenvalue weighted by atomic mass is 10.1. The van der Waals surface area contributed by atoms with E-state index in [0.717, 1.165) is 11.4 Å². The number of nitrogens with one attached hydrogen (secondary N) is 2. The number of aryl methyl sites for hydroxylation is 1. The third kappa shape index (κ3) is 1.52.